The van der Waals surface area contributed by atoms with Crippen molar-refractivity contribution in [2.45, 2.75) is 48.8 Å². The van der Waals surface area contributed by atoms with Gasteiger partial charge in [-0.2, -0.15) is 0 Å². The van der Waals surface area contributed by atoms with E-state index in [0.717, 1.165) is 0 Å². The molecule has 0 amide bonds. The molecule has 1 heterocycles. The van der Waals surface area contributed by atoms with Crippen molar-refractivity contribution in [3.05, 3.63) is 0 Å². The summed E-state index contributed by atoms with van der Waals surface area (Å²) in [5, 5.41) is 9.73. The van der Waals surface area contributed by atoms with Crippen molar-refractivity contribution < 1.29 is 43.2 Å². The van der Waals surface area contributed by atoms with Gasteiger partial charge in [-0.05, 0) is 0 Å². The first kappa shape index (κ1) is 27.1. The maximum absolute atomic E-state index is 12.3. The predicted octanol–water partition coefficient (Wildman–Crippen LogP) is -6.06. The van der Waals surface area contributed by atoms with E-state index in [1.807, 2.05) is 0 Å². The molecule has 1 aliphatic rings. The highest BCUT2D eigenvalue weighted by Gasteiger charge is 2.53. The summed E-state index contributed by atoms with van der Waals surface area (Å²) >= 11 is 0. The van der Waals surface area contributed by atoms with Crippen molar-refractivity contribution in [1.29, 1.82) is 0 Å². The van der Waals surface area contributed by atoms with Gasteiger partial charge in [-0.25, -0.2) is 0 Å². The molecule has 31 heavy (non-hydrogen) atoms. The van der Waals surface area contributed by atoms with Crippen molar-refractivity contribution >= 4 is 17.9 Å². The standard InChI is InChI=1S/C16H32N6O9/c1-27-16-12(31-15(26)8(22)4-19)11(30-14(25)7(21)3-18)10(9(5-23)28-16)29-13(24)6(20)2-17/h6-12,16,23H,2-5,17-22H2,1H3/t6-,7-,8-,9+,10+,11-,12-,16-/m0/s1. The van der Waals surface area contributed by atoms with Gasteiger partial charge in [0.2, 0.25) is 0 Å². The minimum Gasteiger partial charge on any atom is -0.454 e. The number of esters is 3. The second kappa shape index (κ2) is 12.8. The topological polar surface area (TPSA) is 274 Å². The van der Waals surface area contributed by atoms with E-state index in [9.17, 15) is 19.5 Å². The maximum atomic E-state index is 12.3. The molecule has 8 atom stereocenters. The number of ether oxygens (including phenoxy) is 5. The van der Waals surface area contributed by atoms with Crippen LogP contribution in [0.2, 0.25) is 0 Å². The van der Waals surface area contributed by atoms with Crippen LogP contribution in [0.4, 0.5) is 0 Å². The lowest BCUT2D eigenvalue weighted by atomic mass is 9.98. The van der Waals surface area contributed by atoms with Crippen LogP contribution in [0.5, 0.6) is 0 Å². The van der Waals surface area contributed by atoms with Crippen molar-refractivity contribution in [1.82, 2.24) is 0 Å². The molecule has 0 saturated carbocycles. The summed E-state index contributed by atoms with van der Waals surface area (Å²) in [5.41, 5.74) is 32.9. The van der Waals surface area contributed by atoms with Gasteiger partial charge in [0.15, 0.2) is 24.6 Å². The van der Waals surface area contributed by atoms with Gasteiger partial charge >= 0.3 is 17.9 Å². The number of carbonyl (C=O) groups excluding carboxylic acids is 3. The van der Waals surface area contributed by atoms with Gasteiger partial charge in [0, 0.05) is 26.7 Å². The van der Waals surface area contributed by atoms with E-state index in [1.165, 1.54) is 7.11 Å². The Labute approximate surface area is 178 Å². The zero-order chi connectivity index (χ0) is 23.7. The van der Waals surface area contributed by atoms with Gasteiger partial charge in [0.1, 0.15) is 24.2 Å². The average Bonchev–Trinajstić information content (AvgIpc) is 2.78. The molecule has 1 saturated heterocycles. The van der Waals surface area contributed by atoms with E-state index >= 15 is 0 Å². The van der Waals surface area contributed by atoms with Crippen LogP contribution >= 0.6 is 0 Å². The fraction of sp³-hybridized carbons (Fsp3) is 0.812. The summed E-state index contributed by atoms with van der Waals surface area (Å²) in [6, 6.07) is -3.65. The SMILES string of the molecule is CO[C@H]1O[C@H](CO)[C@@H](OC(=O)[C@@H](N)CN)[C@H](OC(=O)[C@@H](N)CN)[C@@H]1OC(=O)[C@@H](N)CN. The van der Waals surface area contributed by atoms with E-state index in [1.54, 1.807) is 0 Å². The third-order valence-electron chi connectivity index (χ3n) is 4.43. The maximum Gasteiger partial charge on any atom is 0.324 e. The highest BCUT2D eigenvalue weighted by atomic mass is 16.7. The molecule has 0 spiro atoms. The zero-order valence-electron chi connectivity index (χ0n) is 17.1. The lowest BCUT2D eigenvalue weighted by molar-refractivity contribution is -0.303. The number of methoxy groups -OCH3 is 1. The Morgan fingerprint density at radius 3 is 1.55 bits per heavy atom. The molecule has 15 heteroatoms. The Morgan fingerprint density at radius 1 is 0.806 bits per heavy atom. The van der Waals surface area contributed by atoms with Gasteiger partial charge < -0.3 is 63.2 Å². The molecule has 0 aromatic carbocycles. The lowest BCUT2D eigenvalue weighted by Crippen LogP contribution is -2.64. The van der Waals surface area contributed by atoms with E-state index < -0.39 is 73.3 Å². The Kier molecular flexibility index (Phi) is 11.2. The quantitative estimate of drug-likeness (QED) is 0.113. The van der Waals surface area contributed by atoms with Crippen LogP contribution in [0.3, 0.4) is 0 Å². The molecule has 0 aromatic rings. The summed E-state index contributed by atoms with van der Waals surface area (Å²) in [6.45, 7) is -1.43. The monoisotopic (exact) mass is 452 g/mol. The summed E-state index contributed by atoms with van der Waals surface area (Å²) in [4.78, 5) is 36.8. The highest BCUT2D eigenvalue weighted by molar-refractivity contribution is 5.78. The molecule has 0 unspecified atom stereocenters. The van der Waals surface area contributed by atoms with Crippen molar-refractivity contribution in [2.75, 3.05) is 33.4 Å². The third-order valence-corrected chi connectivity index (χ3v) is 4.43. The predicted molar refractivity (Wildman–Crippen MR) is 103 cm³/mol. The molecule has 15 nitrogen and oxygen atoms in total. The molecular formula is C16H32N6O9. The third kappa shape index (κ3) is 7.03. The second-order valence-corrected chi connectivity index (χ2v) is 6.69. The first-order valence-corrected chi connectivity index (χ1v) is 9.42. The zero-order valence-corrected chi connectivity index (χ0v) is 17.1. The normalized spacial score (nSPS) is 28.8. The Bertz CT molecular complexity index is 574. The molecule has 0 radical (unpaired) electrons. The first-order valence-electron chi connectivity index (χ1n) is 9.42. The van der Waals surface area contributed by atoms with Crippen LogP contribution in [0.25, 0.3) is 0 Å². The van der Waals surface area contributed by atoms with E-state index in [0.29, 0.717) is 0 Å². The Hall–Kier alpha value is -1.95. The largest absolute Gasteiger partial charge is 0.454 e. The van der Waals surface area contributed by atoms with Crippen LogP contribution in [-0.4, -0.2) is 105 Å². The minimum absolute atomic E-state index is 0.240. The smallest absolute Gasteiger partial charge is 0.324 e. The number of hydrogen-bond acceptors (Lipinski definition) is 15. The van der Waals surface area contributed by atoms with Crippen LogP contribution in [0.1, 0.15) is 0 Å². The molecule has 0 bridgehead atoms. The molecule has 1 aliphatic heterocycles. The van der Waals surface area contributed by atoms with Gasteiger partial charge in [-0.3, -0.25) is 14.4 Å². The van der Waals surface area contributed by atoms with Crippen molar-refractivity contribution in [2.24, 2.45) is 34.4 Å². The van der Waals surface area contributed by atoms with Gasteiger partial charge in [0.25, 0.3) is 0 Å². The van der Waals surface area contributed by atoms with E-state index in [2.05, 4.69) is 0 Å². The first-order chi connectivity index (χ1) is 14.6. The molecule has 1 rings (SSSR count). The molecule has 13 N–H and O–H groups in total. The van der Waals surface area contributed by atoms with E-state index in [4.69, 9.17) is 58.1 Å². The highest BCUT2D eigenvalue weighted by Crippen LogP contribution is 2.29. The average molecular weight is 452 g/mol. The van der Waals surface area contributed by atoms with Crippen LogP contribution < -0.4 is 34.4 Å². The minimum atomic E-state index is -1.52. The Balaban J connectivity index is 3.33. The van der Waals surface area contributed by atoms with Crippen molar-refractivity contribution in [3.8, 4) is 0 Å². The number of aliphatic hydroxyl groups excluding tert-OH is 1. The number of aliphatic hydroxyl groups is 1. The molecule has 1 fully saturated rings. The Morgan fingerprint density at radius 2 is 1.19 bits per heavy atom. The summed E-state index contributed by atoms with van der Waals surface area (Å²) in [6.07, 6.45) is -7.05. The number of hydrogen-bond donors (Lipinski definition) is 7. The van der Waals surface area contributed by atoms with Crippen LogP contribution in [0, 0.1) is 0 Å². The number of rotatable bonds is 11. The van der Waals surface area contributed by atoms with Gasteiger partial charge in [-0.1, -0.05) is 0 Å². The molecule has 0 aliphatic carbocycles. The van der Waals surface area contributed by atoms with Crippen LogP contribution in [-0.2, 0) is 38.1 Å². The fourth-order valence-corrected chi connectivity index (χ4v) is 2.57. The number of nitrogens with two attached hydrogens (primary N) is 6. The van der Waals surface area contributed by atoms with Gasteiger partial charge in [0.05, 0.1) is 6.61 Å². The second-order valence-electron chi connectivity index (χ2n) is 6.69. The fourth-order valence-electron chi connectivity index (χ4n) is 2.57. The molecular weight excluding hydrogens is 420 g/mol. The lowest BCUT2D eigenvalue weighted by Gasteiger charge is -2.44. The summed E-state index contributed by atoms with van der Waals surface area (Å²) in [5.74, 6) is -2.93. The van der Waals surface area contributed by atoms with Gasteiger partial charge in [-0.15, -0.1) is 0 Å². The summed E-state index contributed by atoms with van der Waals surface area (Å²) < 4.78 is 26.6. The van der Waals surface area contributed by atoms with Crippen molar-refractivity contribution in [3.63, 3.8) is 0 Å². The van der Waals surface area contributed by atoms with Crippen LogP contribution in [0.15, 0.2) is 0 Å². The van der Waals surface area contributed by atoms with E-state index in [-0.39, 0.29) is 19.6 Å². The molecule has 0 aromatic heterocycles. The number of carbonyl (C=O) groups is 3. The summed E-state index contributed by atoms with van der Waals surface area (Å²) in [7, 11) is 1.21. The molecule has 180 valence electrons.